The van der Waals surface area contributed by atoms with E-state index in [-0.39, 0.29) is 5.91 Å². The fourth-order valence-electron chi connectivity index (χ4n) is 2.85. The first-order valence-corrected chi connectivity index (χ1v) is 7.20. The Morgan fingerprint density at radius 3 is 3.00 bits per heavy atom. The molecule has 1 aromatic heterocycles. The molecule has 0 bridgehead atoms. The standard InChI is InChI=1S/C15H19N5O/c16-14-6-2-1-5-13(14)15(21)19-7-3-4-12(8-19)9-20-11-17-10-18-20/h1-2,5-6,10-12H,3-4,7-9,16H2. The van der Waals surface area contributed by atoms with Crippen molar-refractivity contribution in [1.82, 2.24) is 19.7 Å². The summed E-state index contributed by atoms with van der Waals surface area (Å²) in [5.41, 5.74) is 7.04. The molecular formula is C15H19N5O. The minimum Gasteiger partial charge on any atom is -0.398 e. The Hall–Kier alpha value is -2.37. The van der Waals surface area contributed by atoms with Gasteiger partial charge in [0.25, 0.3) is 5.91 Å². The minimum atomic E-state index is 0.0244. The van der Waals surface area contributed by atoms with Crippen LogP contribution in [0.2, 0.25) is 0 Å². The van der Waals surface area contributed by atoms with Gasteiger partial charge in [-0.1, -0.05) is 12.1 Å². The third-order valence-electron chi connectivity index (χ3n) is 3.91. The van der Waals surface area contributed by atoms with Crippen LogP contribution in [0.4, 0.5) is 5.69 Å². The number of anilines is 1. The number of hydrogen-bond acceptors (Lipinski definition) is 4. The zero-order valence-electron chi connectivity index (χ0n) is 11.9. The molecule has 1 aliphatic rings. The van der Waals surface area contributed by atoms with Crippen LogP contribution >= 0.6 is 0 Å². The Morgan fingerprint density at radius 1 is 1.38 bits per heavy atom. The summed E-state index contributed by atoms with van der Waals surface area (Å²) in [7, 11) is 0. The molecule has 0 aliphatic carbocycles. The van der Waals surface area contributed by atoms with E-state index in [9.17, 15) is 4.79 Å². The van der Waals surface area contributed by atoms with Crippen molar-refractivity contribution in [3.05, 3.63) is 42.5 Å². The van der Waals surface area contributed by atoms with Crippen LogP contribution in [0.1, 0.15) is 23.2 Å². The van der Waals surface area contributed by atoms with E-state index in [0.717, 1.165) is 32.5 Å². The monoisotopic (exact) mass is 285 g/mol. The summed E-state index contributed by atoms with van der Waals surface area (Å²) >= 11 is 0. The van der Waals surface area contributed by atoms with Crippen molar-refractivity contribution in [3.63, 3.8) is 0 Å². The summed E-state index contributed by atoms with van der Waals surface area (Å²) in [5, 5.41) is 4.13. The topological polar surface area (TPSA) is 77.0 Å². The van der Waals surface area contributed by atoms with E-state index in [1.807, 2.05) is 21.7 Å². The number of amides is 1. The van der Waals surface area contributed by atoms with Crippen molar-refractivity contribution in [2.45, 2.75) is 19.4 Å². The molecule has 0 spiro atoms. The van der Waals surface area contributed by atoms with Crippen molar-refractivity contribution in [3.8, 4) is 0 Å². The lowest BCUT2D eigenvalue weighted by molar-refractivity contribution is 0.0660. The van der Waals surface area contributed by atoms with E-state index in [1.165, 1.54) is 6.33 Å². The summed E-state index contributed by atoms with van der Waals surface area (Å²) in [4.78, 5) is 18.4. The lowest BCUT2D eigenvalue weighted by atomic mass is 9.97. The number of aromatic nitrogens is 3. The lowest BCUT2D eigenvalue weighted by Crippen LogP contribution is -2.41. The van der Waals surface area contributed by atoms with E-state index < -0.39 is 0 Å². The zero-order chi connectivity index (χ0) is 14.7. The molecule has 1 unspecified atom stereocenters. The van der Waals surface area contributed by atoms with Crippen LogP contribution in [0.5, 0.6) is 0 Å². The normalized spacial score (nSPS) is 18.7. The molecule has 6 nitrogen and oxygen atoms in total. The number of para-hydroxylation sites is 1. The summed E-state index contributed by atoms with van der Waals surface area (Å²) in [6, 6.07) is 7.25. The molecule has 1 fully saturated rings. The molecule has 1 saturated heterocycles. The molecule has 1 aromatic carbocycles. The number of benzene rings is 1. The first-order valence-electron chi connectivity index (χ1n) is 7.20. The average Bonchev–Trinajstić information content (AvgIpc) is 3.00. The van der Waals surface area contributed by atoms with Crippen LogP contribution in [0, 0.1) is 5.92 Å². The number of carbonyl (C=O) groups excluding carboxylic acids is 1. The number of nitrogens with two attached hydrogens (primary N) is 1. The maximum absolute atomic E-state index is 12.6. The number of rotatable bonds is 3. The Balaban J connectivity index is 1.68. The predicted molar refractivity (Wildman–Crippen MR) is 79.5 cm³/mol. The van der Waals surface area contributed by atoms with Crippen LogP contribution in [0.3, 0.4) is 0 Å². The minimum absolute atomic E-state index is 0.0244. The second kappa shape index (κ2) is 5.95. The third-order valence-corrected chi connectivity index (χ3v) is 3.91. The number of carbonyl (C=O) groups is 1. The molecule has 2 aromatic rings. The van der Waals surface area contributed by atoms with Gasteiger partial charge in [-0.15, -0.1) is 0 Å². The van der Waals surface area contributed by atoms with Crippen molar-refractivity contribution in [2.75, 3.05) is 18.8 Å². The number of piperidine rings is 1. The van der Waals surface area contributed by atoms with Gasteiger partial charge in [0, 0.05) is 25.3 Å². The Kier molecular flexibility index (Phi) is 3.85. The fourth-order valence-corrected chi connectivity index (χ4v) is 2.85. The van der Waals surface area contributed by atoms with Gasteiger partial charge in [0.05, 0.1) is 5.56 Å². The van der Waals surface area contributed by atoms with Gasteiger partial charge in [0.1, 0.15) is 12.7 Å². The molecule has 1 atom stereocenters. The van der Waals surface area contributed by atoms with Crippen LogP contribution in [-0.2, 0) is 6.54 Å². The first-order chi connectivity index (χ1) is 10.2. The van der Waals surface area contributed by atoms with E-state index in [4.69, 9.17) is 5.73 Å². The van der Waals surface area contributed by atoms with Gasteiger partial charge in [-0.25, -0.2) is 4.98 Å². The van der Waals surface area contributed by atoms with Crippen molar-refractivity contribution in [1.29, 1.82) is 0 Å². The SMILES string of the molecule is Nc1ccccc1C(=O)N1CCCC(Cn2cncn2)C1. The highest BCUT2D eigenvalue weighted by Gasteiger charge is 2.25. The van der Waals surface area contributed by atoms with Crippen LogP contribution in [0.25, 0.3) is 0 Å². The highest BCUT2D eigenvalue weighted by molar-refractivity contribution is 5.99. The summed E-state index contributed by atoms with van der Waals surface area (Å²) in [5.74, 6) is 0.436. The third kappa shape index (κ3) is 3.04. The van der Waals surface area contributed by atoms with Gasteiger partial charge in [-0.05, 0) is 30.9 Å². The Labute approximate surface area is 123 Å². The Morgan fingerprint density at radius 2 is 2.24 bits per heavy atom. The number of likely N-dealkylation sites (tertiary alicyclic amines) is 1. The van der Waals surface area contributed by atoms with E-state index >= 15 is 0 Å². The smallest absolute Gasteiger partial charge is 0.255 e. The largest absolute Gasteiger partial charge is 0.398 e. The molecule has 110 valence electrons. The molecule has 6 heteroatoms. The van der Waals surface area contributed by atoms with Crippen LogP contribution in [0.15, 0.2) is 36.9 Å². The summed E-state index contributed by atoms with van der Waals surface area (Å²) in [6.07, 6.45) is 5.37. The predicted octanol–water partition coefficient (Wildman–Crippen LogP) is 1.41. The molecule has 21 heavy (non-hydrogen) atoms. The Bertz CT molecular complexity index is 610. The number of nitrogens with zero attached hydrogens (tertiary/aromatic N) is 4. The quantitative estimate of drug-likeness (QED) is 0.865. The highest BCUT2D eigenvalue weighted by atomic mass is 16.2. The molecule has 2 N–H and O–H groups in total. The summed E-state index contributed by atoms with van der Waals surface area (Å²) < 4.78 is 1.83. The molecule has 0 radical (unpaired) electrons. The molecule has 1 aliphatic heterocycles. The average molecular weight is 285 g/mol. The lowest BCUT2D eigenvalue weighted by Gasteiger charge is -2.33. The van der Waals surface area contributed by atoms with Gasteiger partial charge >= 0.3 is 0 Å². The van der Waals surface area contributed by atoms with E-state index in [2.05, 4.69) is 10.1 Å². The second-order valence-electron chi connectivity index (χ2n) is 5.46. The van der Waals surface area contributed by atoms with Gasteiger partial charge in [0.2, 0.25) is 0 Å². The van der Waals surface area contributed by atoms with Crippen molar-refractivity contribution in [2.24, 2.45) is 5.92 Å². The van der Waals surface area contributed by atoms with Gasteiger partial charge in [0.15, 0.2) is 0 Å². The van der Waals surface area contributed by atoms with E-state index in [1.54, 1.807) is 18.5 Å². The van der Waals surface area contributed by atoms with Gasteiger partial charge in [-0.3, -0.25) is 9.48 Å². The first kappa shape index (κ1) is 13.6. The maximum Gasteiger partial charge on any atom is 0.255 e. The molecule has 1 amide bonds. The zero-order valence-corrected chi connectivity index (χ0v) is 11.9. The van der Waals surface area contributed by atoms with E-state index in [0.29, 0.717) is 17.2 Å². The fraction of sp³-hybridized carbons (Fsp3) is 0.400. The second-order valence-corrected chi connectivity index (χ2v) is 5.46. The van der Waals surface area contributed by atoms with Crippen molar-refractivity contribution < 1.29 is 4.79 Å². The summed E-state index contributed by atoms with van der Waals surface area (Å²) in [6.45, 7) is 2.34. The highest BCUT2D eigenvalue weighted by Crippen LogP contribution is 2.21. The molecular weight excluding hydrogens is 266 g/mol. The van der Waals surface area contributed by atoms with Gasteiger partial charge < -0.3 is 10.6 Å². The number of hydrogen-bond donors (Lipinski definition) is 1. The van der Waals surface area contributed by atoms with Crippen LogP contribution in [-0.4, -0.2) is 38.7 Å². The molecule has 3 rings (SSSR count). The maximum atomic E-state index is 12.6. The van der Waals surface area contributed by atoms with Crippen LogP contribution < -0.4 is 5.73 Å². The molecule has 0 saturated carbocycles. The number of nitrogen functional groups attached to an aromatic ring is 1. The van der Waals surface area contributed by atoms with Crippen molar-refractivity contribution >= 4 is 11.6 Å². The van der Waals surface area contributed by atoms with Gasteiger partial charge in [-0.2, -0.15) is 5.10 Å². The molecule has 2 heterocycles.